The normalized spacial score (nSPS) is 16.1. The van der Waals surface area contributed by atoms with Gasteiger partial charge in [-0.3, -0.25) is 4.79 Å². The number of carbonyl (C=O) groups excluding carboxylic acids is 1. The van der Waals surface area contributed by atoms with Crippen LogP contribution in [0.2, 0.25) is 0 Å². The molecule has 0 aromatic heterocycles. The number of amides is 1. The van der Waals surface area contributed by atoms with Gasteiger partial charge >= 0.3 is 5.97 Å². The van der Waals surface area contributed by atoms with E-state index >= 15 is 0 Å². The molecule has 0 heterocycles. The summed E-state index contributed by atoms with van der Waals surface area (Å²) in [6.45, 7) is 1.86. The maximum atomic E-state index is 11.8. The summed E-state index contributed by atoms with van der Waals surface area (Å²) < 4.78 is 0. The number of hydrogen-bond donors (Lipinski definition) is 3. The van der Waals surface area contributed by atoms with Crippen molar-refractivity contribution in [3.8, 4) is 5.75 Å². The predicted octanol–water partition coefficient (Wildman–Crippen LogP) is 2.07. The molecule has 1 fully saturated rings. The Labute approximate surface area is 104 Å². The minimum Gasteiger partial charge on any atom is -0.506 e. The topological polar surface area (TPSA) is 86.6 Å². The molecule has 3 N–H and O–H groups in total. The van der Waals surface area contributed by atoms with Crippen LogP contribution in [-0.4, -0.2) is 22.1 Å². The predicted molar refractivity (Wildman–Crippen MR) is 65.6 cm³/mol. The number of nitrogens with one attached hydrogen (secondary N) is 1. The summed E-state index contributed by atoms with van der Waals surface area (Å²) in [5.74, 6) is -1.13. The summed E-state index contributed by atoms with van der Waals surface area (Å²) in [4.78, 5) is 22.5. The molecule has 0 saturated heterocycles. The molecule has 1 aromatic rings. The van der Waals surface area contributed by atoms with Crippen molar-refractivity contribution < 1.29 is 19.8 Å². The number of phenols is 1. The molecule has 0 spiro atoms. The second-order valence-corrected chi connectivity index (χ2v) is 4.65. The standard InChI is InChI=1S/C13H15NO4/c1-7(8-2-3-8)12(16)14-10-5-4-9(13(17)18)6-11(10)15/h4-8,15H,2-3H2,1H3,(H,14,16)(H,17,18). The van der Waals surface area contributed by atoms with E-state index in [0.717, 1.165) is 18.9 Å². The fourth-order valence-electron chi connectivity index (χ4n) is 1.83. The third-order valence-corrected chi connectivity index (χ3v) is 3.25. The Bertz CT molecular complexity index is 494. The van der Waals surface area contributed by atoms with Gasteiger partial charge < -0.3 is 15.5 Å². The molecule has 5 heteroatoms. The van der Waals surface area contributed by atoms with Crippen molar-refractivity contribution in [1.82, 2.24) is 0 Å². The van der Waals surface area contributed by atoms with Gasteiger partial charge in [0.15, 0.2) is 0 Å². The summed E-state index contributed by atoms with van der Waals surface area (Å²) in [6.07, 6.45) is 2.14. The van der Waals surface area contributed by atoms with Gasteiger partial charge in [0.25, 0.3) is 0 Å². The monoisotopic (exact) mass is 249 g/mol. The lowest BCUT2D eigenvalue weighted by molar-refractivity contribution is -0.119. The van der Waals surface area contributed by atoms with Gasteiger partial charge in [-0.05, 0) is 37.0 Å². The zero-order valence-electron chi connectivity index (χ0n) is 10.0. The zero-order valence-corrected chi connectivity index (χ0v) is 10.0. The minimum absolute atomic E-state index is 0.0132. The first-order chi connectivity index (χ1) is 8.49. The molecular formula is C13H15NO4. The molecule has 1 amide bonds. The minimum atomic E-state index is -1.12. The number of rotatable bonds is 4. The van der Waals surface area contributed by atoms with E-state index < -0.39 is 5.97 Å². The lowest BCUT2D eigenvalue weighted by Crippen LogP contribution is -2.21. The summed E-state index contributed by atoms with van der Waals surface area (Å²) in [5.41, 5.74) is 0.234. The summed E-state index contributed by atoms with van der Waals surface area (Å²) >= 11 is 0. The fraction of sp³-hybridized carbons (Fsp3) is 0.385. The number of carboxylic acids is 1. The molecule has 0 aliphatic heterocycles. The van der Waals surface area contributed by atoms with E-state index in [9.17, 15) is 14.7 Å². The quantitative estimate of drug-likeness (QED) is 0.713. The van der Waals surface area contributed by atoms with Gasteiger partial charge in [-0.2, -0.15) is 0 Å². The molecule has 96 valence electrons. The van der Waals surface area contributed by atoms with Crippen molar-refractivity contribution in [1.29, 1.82) is 0 Å². The van der Waals surface area contributed by atoms with Gasteiger partial charge in [-0.25, -0.2) is 4.79 Å². The van der Waals surface area contributed by atoms with Crippen molar-refractivity contribution in [3.05, 3.63) is 23.8 Å². The number of hydrogen-bond acceptors (Lipinski definition) is 3. The summed E-state index contributed by atoms with van der Waals surface area (Å²) in [7, 11) is 0. The highest BCUT2D eigenvalue weighted by molar-refractivity contribution is 5.95. The largest absolute Gasteiger partial charge is 0.506 e. The van der Waals surface area contributed by atoms with E-state index in [1.807, 2.05) is 6.92 Å². The number of aromatic hydroxyl groups is 1. The Kier molecular flexibility index (Phi) is 3.23. The first-order valence-corrected chi connectivity index (χ1v) is 5.86. The Morgan fingerprint density at radius 2 is 2.06 bits per heavy atom. The number of benzene rings is 1. The van der Waals surface area contributed by atoms with Crippen LogP contribution in [0.4, 0.5) is 5.69 Å². The molecule has 0 radical (unpaired) electrons. The highest BCUT2D eigenvalue weighted by atomic mass is 16.4. The average Bonchev–Trinajstić information content (AvgIpc) is 3.14. The smallest absolute Gasteiger partial charge is 0.335 e. The molecule has 0 bridgehead atoms. The second-order valence-electron chi connectivity index (χ2n) is 4.65. The van der Waals surface area contributed by atoms with Crippen molar-refractivity contribution in [2.45, 2.75) is 19.8 Å². The Morgan fingerprint density at radius 3 is 2.56 bits per heavy atom. The lowest BCUT2D eigenvalue weighted by Gasteiger charge is -2.12. The molecule has 1 atom stereocenters. The molecular weight excluding hydrogens is 234 g/mol. The van der Waals surface area contributed by atoms with E-state index in [1.165, 1.54) is 12.1 Å². The van der Waals surface area contributed by atoms with Gasteiger partial charge in [-0.1, -0.05) is 6.92 Å². The number of carbonyl (C=O) groups is 2. The molecule has 1 aliphatic carbocycles. The second kappa shape index (κ2) is 4.68. The van der Waals surface area contributed by atoms with E-state index in [1.54, 1.807) is 0 Å². The molecule has 2 rings (SSSR count). The van der Waals surface area contributed by atoms with Crippen LogP contribution < -0.4 is 5.32 Å². The van der Waals surface area contributed by atoms with E-state index in [-0.39, 0.29) is 28.8 Å². The highest BCUT2D eigenvalue weighted by Gasteiger charge is 2.32. The van der Waals surface area contributed by atoms with Gasteiger partial charge in [0.05, 0.1) is 11.3 Å². The summed E-state index contributed by atoms with van der Waals surface area (Å²) in [6, 6.07) is 3.87. The Balaban J connectivity index is 2.09. The van der Waals surface area contributed by atoms with Crippen LogP contribution in [0.25, 0.3) is 0 Å². The number of phenolic OH excluding ortho intramolecular Hbond substituents is 1. The number of aromatic carboxylic acids is 1. The maximum Gasteiger partial charge on any atom is 0.335 e. The molecule has 1 aliphatic rings. The van der Waals surface area contributed by atoms with Crippen molar-refractivity contribution in [2.24, 2.45) is 11.8 Å². The fourth-order valence-corrected chi connectivity index (χ4v) is 1.83. The average molecular weight is 249 g/mol. The lowest BCUT2D eigenvalue weighted by atomic mass is 10.1. The zero-order chi connectivity index (χ0) is 13.3. The number of carboxylic acid groups (broad SMARTS) is 1. The van der Waals surface area contributed by atoms with Crippen LogP contribution in [-0.2, 0) is 4.79 Å². The summed E-state index contributed by atoms with van der Waals surface area (Å²) in [5, 5.41) is 21.0. The Hall–Kier alpha value is -2.04. The highest BCUT2D eigenvalue weighted by Crippen LogP contribution is 2.37. The third kappa shape index (κ3) is 2.61. The van der Waals surface area contributed by atoms with Crippen LogP contribution in [0.1, 0.15) is 30.1 Å². The molecule has 5 nitrogen and oxygen atoms in total. The van der Waals surface area contributed by atoms with Crippen molar-refractivity contribution in [3.63, 3.8) is 0 Å². The van der Waals surface area contributed by atoms with Gasteiger partial charge in [-0.15, -0.1) is 0 Å². The SMILES string of the molecule is CC(C(=O)Nc1ccc(C(=O)O)cc1O)C1CC1. The van der Waals surface area contributed by atoms with E-state index in [2.05, 4.69) is 5.32 Å². The van der Waals surface area contributed by atoms with Crippen LogP contribution in [0.5, 0.6) is 5.75 Å². The van der Waals surface area contributed by atoms with Gasteiger partial charge in [0.1, 0.15) is 5.75 Å². The van der Waals surface area contributed by atoms with Crippen LogP contribution in [0.3, 0.4) is 0 Å². The first-order valence-electron chi connectivity index (χ1n) is 5.86. The molecule has 1 saturated carbocycles. The van der Waals surface area contributed by atoms with E-state index in [4.69, 9.17) is 5.11 Å². The molecule has 1 unspecified atom stereocenters. The van der Waals surface area contributed by atoms with Gasteiger partial charge in [0, 0.05) is 5.92 Å². The van der Waals surface area contributed by atoms with Crippen molar-refractivity contribution >= 4 is 17.6 Å². The maximum absolute atomic E-state index is 11.8. The third-order valence-electron chi connectivity index (χ3n) is 3.25. The van der Waals surface area contributed by atoms with Crippen molar-refractivity contribution in [2.75, 3.05) is 5.32 Å². The van der Waals surface area contributed by atoms with Crippen LogP contribution in [0, 0.1) is 11.8 Å². The number of anilines is 1. The van der Waals surface area contributed by atoms with E-state index in [0.29, 0.717) is 5.92 Å². The van der Waals surface area contributed by atoms with Gasteiger partial charge in [0.2, 0.25) is 5.91 Å². The molecule has 18 heavy (non-hydrogen) atoms. The Morgan fingerprint density at radius 1 is 1.39 bits per heavy atom. The van der Waals surface area contributed by atoms with Crippen LogP contribution in [0.15, 0.2) is 18.2 Å². The van der Waals surface area contributed by atoms with Crippen LogP contribution >= 0.6 is 0 Å². The molecule has 1 aromatic carbocycles. The first kappa shape index (κ1) is 12.4.